The molecule has 0 amide bonds. The van der Waals surface area contributed by atoms with Gasteiger partial charge in [-0.1, -0.05) is 45.6 Å². The maximum Gasteiger partial charge on any atom is 0.339 e. The topological polar surface area (TPSA) is 46.5 Å². The van der Waals surface area contributed by atoms with Gasteiger partial charge in [-0.05, 0) is 24.8 Å². The number of allylic oxidation sites excluding steroid dienone is 1. The fraction of sp³-hybridized carbons (Fsp3) is 0.786. The van der Waals surface area contributed by atoms with E-state index in [9.17, 15) is 9.90 Å². The Hall–Kier alpha value is -0.830. The number of methoxy groups -OCH3 is 1. The third kappa shape index (κ3) is 7.16. The smallest absolute Gasteiger partial charge is 0.339 e. The van der Waals surface area contributed by atoms with Crippen LogP contribution in [0.1, 0.15) is 58.8 Å². The quantitative estimate of drug-likeness (QED) is 0.383. The molecule has 3 heteroatoms. The van der Waals surface area contributed by atoms with E-state index in [-0.39, 0.29) is 0 Å². The predicted molar refractivity (Wildman–Crippen MR) is 69.8 cm³/mol. The summed E-state index contributed by atoms with van der Waals surface area (Å²) in [4.78, 5) is 11.3. The van der Waals surface area contributed by atoms with Gasteiger partial charge in [0.25, 0.3) is 0 Å². The zero-order valence-electron chi connectivity index (χ0n) is 11.4. The van der Waals surface area contributed by atoms with Crippen LogP contribution in [-0.2, 0) is 9.53 Å². The van der Waals surface area contributed by atoms with Gasteiger partial charge in [0.1, 0.15) is 0 Å². The lowest BCUT2D eigenvalue weighted by Crippen LogP contribution is -2.24. The molecule has 1 atom stereocenters. The highest BCUT2D eigenvalue weighted by molar-refractivity contribution is 5.77. The molecule has 0 fully saturated rings. The average molecular weight is 242 g/mol. The van der Waals surface area contributed by atoms with Gasteiger partial charge in [-0.2, -0.15) is 0 Å². The van der Waals surface area contributed by atoms with Crippen LogP contribution >= 0.6 is 0 Å². The van der Waals surface area contributed by atoms with E-state index < -0.39 is 12.1 Å². The highest BCUT2D eigenvalue weighted by atomic mass is 16.5. The molecule has 1 N–H and O–H groups in total. The van der Waals surface area contributed by atoms with Gasteiger partial charge < -0.3 is 9.84 Å². The molecule has 0 rings (SSSR count). The second kappa shape index (κ2) is 10.3. The zero-order valence-corrected chi connectivity index (χ0v) is 11.4. The van der Waals surface area contributed by atoms with E-state index in [1.165, 1.54) is 7.11 Å². The number of unbranched alkanes of at least 4 members (excludes halogenated alkanes) is 4. The molecule has 17 heavy (non-hydrogen) atoms. The number of esters is 1. The minimum absolute atomic E-state index is 0.552. The first-order valence-corrected chi connectivity index (χ1v) is 6.62. The molecular formula is C14H26O3. The van der Waals surface area contributed by atoms with Crippen molar-refractivity contribution >= 4 is 5.97 Å². The van der Waals surface area contributed by atoms with Crippen molar-refractivity contribution in [3.63, 3.8) is 0 Å². The summed E-state index contributed by atoms with van der Waals surface area (Å²) in [5.41, 5.74) is 0.818. The van der Waals surface area contributed by atoms with Crippen LogP contribution in [0.2, 0.25) is 0 Å². The number of carbonyl (C=O) groups is 1. The largest absolute Gasteiger partial charge is 0.467 e. The van der Waals surface area contributed by atoms with E-state index in [1.54, 1.807) is 0 Å². The van der Waals surface area contributed by atoms with E-state index in [2.05, 4.69) is 18.6 Å². The van der Waals surface area contributed by atoms with Crippen LogP contribution in [0.3, 0.4) is 0 Å². The molecule has 3 nitrogen and oxygen atoms in total. The van der Waals surface area contributed by atoms with Crippen molar-refractivity contribution in [2.24, 2.45) is 0 Å². The van der Waals surface area contributed by atoms with Gasteiger partial charge in [0.15, 0.2) is 6.10 Å². The minimum Gasteiger partial charge on any atom is -0.467 e. The van der Waals surface area contributed by atoms with Crippen LogP contribution in [0.15, 0.2) is 11.6 Å². The summed E-state index contributed by atoms with van der Waals surface area (Å²) in [7, 11) is 1.31. The molecule has 0 aliphatic heterocycles. The number of rotatable bonds is 9. The highest BCUT2D eigenvalue weighted by Crippen LogP contribution is 2.16. The van der Waals surface area contributed by atoms with Crippen molar-refractivity contribution in [3.05, 3.63) is 11.6 Å². The third-order valence-electron chi connectivity index (χ3n) is 2.81. The van der Waals surface area contributed by atoms with E-state index >= 15 is 0 Å². The van der Waals surface area contributed by atoms with Crippen molar-refractivity contribution < 1.29 is 14.6 Å². The molecule has 1 unspecified atom stereocenters. The van der Waals surface area contributed by atoms with Crippen LogP contribution < -0.4 is 0 Å². The SMILES string of the molecule is CCCC/C=C(\CCCCC)C(O)C(=O)OC. The summed E-state index contributed by atoms with van der Waals surface area (Å²) in [6.45, 7) is 4.26. The second-order valence-corrected chi connectivity index (χ2v) is 4.30. The van der Waals surface area contributed by atoms with Crippen LogP contribution in [-0.4, -0.2) is 24.3 Å². The highest BCUT2D eigenvalue weighted by Gasteiger charge is 2.19. The van der Waals surface area contributed by atoms with Gasteiger partial charge >= 0.3 is 5.97 Å². The van der Waals surface area contributed by atoms with Crippen LogP contribution in [0.25, 0.3) is 0 Å². The van der Waals surface area contributed by atoms with Crippen molar-refractivity contribution in [1.82, 2.24) is 0 Å². The van der Waals surface area contributed by atoms with Crippen molar-refractivity contribution in [2.45, 2.75) is 64.9 Å². The average Bonchev–Trinajstić information content (AvgIpc) is 2.35. The summed E-state index contributed by atoms with van der Waals surface area (Å²) in [6.07, 6.45) is 8.12. The third-order valence-corrected chi connectivity index (χ3v) is 2.81. The van der Waals surface area contributed by atoms with Gasteiger partial charge in [0.05, 0.1) is 7.11 Å². The standard InChI is InChI=1S/C14H26O3/c1-4-6-8-10-12(11-9-7-5-2)13(15)14(16)17-3/h10,13,15H,4-9,11H2,1-3H3/b12-10+. The number of aliphatic hydroxyl groups excluding tert-OH is 1. The molecule has 0 aromatic carbocycles. The molecule has 0 aliphatic rings. The molecule has 0 aromatic rings. The summed E-state index contributed by atoms with van der Waals surface area (Å²) in [6, 6.07) is 0. The van der Waals surface area contributed by atoms with E-state index in [0.717, 1.165) is 50.5 Å². The Kier molecular flexibility index (Phi) is 9.83. The summed E-state index contributed by atoms with van der Waals surface area (Å²) >= 11 is 0. The lowest BCUT2D eigenvalue weighted by atomic mass is 10.0. The molecule has 0 saturated heterocycles. The number of ether oxygens (including phenoxy) is 1. The van der Waals surface area contributed by atoms with E-state index in [1.807, 2.05) is 6.08 Å². The maximum absolute atomic E-state index is 11.3. The van der Waals surface area contributed by atoms with Crippen LogP contribution in [0.5, 0.6) is 0 Å². The fourth-order valence-corrected chi connectivity index (χ4v) is 1.68. The zero-order chi connectivity index (χ0) is 13.1. The first-order valence-electron chi connectivity index (χ1n) is 6.62. The monoisotopic (exact) mass is 242 g/mol. The summed E-state index contributed by atoms with van der Waals surface area (Å²) < 4.78 is 4.58. The van der Waals surface area contributed by atoms with Crippen LogP contribution in [0.4, 0.5) is 0 Å². The van der Waals surface area contributed by atoms with Crippen molar-refractivity contribution in [2.75, 3.05) is 7.11 Å². The molecule has 0 heterocycles. The molecule has 0 aliphatic carbocycles. The minimum atomic E-state index is -1.08. The van der Waals surface area contributed by atoms with Gasteiger partial charge in [-0.3, -0.25) is 0 Å². The number of hydrogen-bond acceptors (Lipinski definition) is 3. The molecule has 0 bridgehead atoms. The van der Waals surface area contributed by atoms with Gasteiger partial charge in [0, 0.05) is 0 Å². The molecule has 0 radical (unpaired) electrons. The molecule has 0 saturated carbocycles. The normalized spacial score (nSPS) is 13.5. The first-order chi connectivity index (χ1) is 8.17. The Morgan fingerprint density at radius 2 is 1.88 bits per heavy atom. The summed E-state index contributed by atoms with van der Waals surface area (Å²) in [5, 5.41) is 9.83. The summed E-state index contributed by atoms with van der Waals surface area (Å²) in [5.74, 6) is -0.552. The first kappa shape index (κ1) is 16.2. The van der Waals surface area contributed by atoms with Gasteiger partial charge in [0.2, 0.25) is 0 Å². The Morgan fingerprint density at radius 3 is 2.41 bits per heavy atom. The molecular weight excluding hydrogens is 216 g/mol. The lowest BCUT2D eigenvalue weighted by Gasteiger charge is -2.13. The van der Waals surface area contributed by atoms with Crippen LogP contribution in [0, 0.1) is 0 Å². The Morgan fingerprint density at radius 1 is 1.24 bits per heavy atom. The number of carbonyl (C=O) groups excluding carboxylic acids is 1. The maximum atomic E-state index is 11.3. The fourth-order valence-electron chi connectivity index (χ4n) is 1.68. The van der Waals surface area contributed by atoms with Crippen molar-refractivity contribution in [1.29, 1.82) is 0 Å². The van der Waals surface area contributed by atoms with E-state index in [0.29, 0.717) is 0 Å². The van der Waals surface area contributed by atoms with Crippen molar-refractivity contribution in [3.8, 4) is 0 Å². The van der Waals surface area contributed by atoms with Gasteiger partial charge in [-0.15, -0.1) is 0 Å². The molecule has 0 spiro atoms. The predicted octanol–water partition coefficient (Wildman–Crippen LogP) is 3.22. The Bertz CT molecular complexity index is 234. The second-order valence-electron chi connectivity index (χ2n) is 4.30. The Balaban J connectivity index is 4.37. The van der Waals surface area contributed by atoms with E-state index in [4.69, 9.17) is 0 Å². The number of aliphatic hydroxyl groups is 1. The molecule has 0 aromatic heterocycles. The van der Waals surface area contributed by atoms with Gasteiger partial charge in [-0.25, -0.2) is 4.79 Å². The number of hydrogen-bond donors (Lipinski definition) is 1. The Labute approximate surface area is 105 Å². The lowest BCUT2D eigenvalue weighted by molar-refractivity contribution is -0.148. The molecule has 100 valence electrons.